The summed E-state index contributed by atoms with van der Waals surface area (Å²) in [5.74, 6) is 0.542. The predicted octanol–water partition coefficient (Wildman–Crippen LogP) is 4.67. The molecule has 0 spiro atoms. The van der Waals surface area contributed by atoms with Crippen molar-refractivity contribution in [3.8, 4) is 5.75 Å². The van der Waals surface area contributed by atoms with Gasteiger partial charge in [0.1, 0.15) is 11.6 Å². The average Bonchev–Trinajstić information content (AvgIpc) is 2.73. The zero-order valence-electron chi connectivity index (χ0n) is 18.8. The molecule has 0 saturated carbocycles. The van der Waals surface area contributed by atoms with Crippen molar-refractivity contribution in [2.24, 2.45) is 5.10 Å². The monoisotopic (exact) mass is 499 g/mol. The smallest absolute Gasteiger partial charge is 0.347 e. The van der Waals surface area contributed by atoms with E-state index in [-0.39, 0.29) is 12.2 Å². The van der Waals surface area contributed by atoms with Gasteiger partial charge >= 0.3 is 5.97 Å². The number of rotatable bonds is 6. The summed E-state index contributed by atoms with van der Waals surface area (Å²) in [6.07, 6.45) is 0.757. The first-order valence-electron chi connectivity index (χ1n) is 10.3. The number of esters is 1. The molecule has 0 aliphatic carbocycles. The first-order chi connectivity index (χ1) is 15.1. The zero-order chi connectivity index (χ0) is 23.5. The van der Waals surface area contributed by atoms with E-state index in [1.54, 1.807) is 38.1 Å². The highest BCUT2D eigenvalue weighted by Crippen LogP contribution is 2.23. The van der Waals surface area contributed by atoms with Crippen LogP contribution in [-0.2, 0) is 14.9 Å². The van der Waals surface area contributed by atoms with Gasteiger partial charge in [-0.25, -0.2) is 9.78 Å². The minimum Gasteiger partial charge on any atom is -0.478 e. The molecule has 8 heteroatoms. The summed E-state index contributed by atoms with van der Waals surface area (Å²) in [7, 11) is 0. The Kier molecular flexibility index (Phi) is 7.13. The molecule has 0 aliphatic heterocycles. The fourth-order valence-electron chi connectivity index (χ4n) is 3.05. The molecular formula is C24H26BrN3O4. The van der Waals surface area contributed by atoms with E-state index in [0.29, 0.717) is 28.0 Å². The molecule has 0 N–H and O–H groups in total. The SMILES string of the molecule is CCOC(=O)[C@@H](C)Oc1ccccc1C=Nn1c(C(C)(C)C)nc2ccc(Br)cc2c1=O. The van der Waals surface area contributed by atoms with E-state index in [0.717, 1.165) is 4.47 Å². The summed E-state index contributed by atoms with van der Waals surface area (Å²) in [4.78, 5) is 30.0. The van der Waals surface area contributed by atoms with Gasteiger partial charge in [0.25, 0.3) is 5.56 Å². The van der Waals surface area contributed by atoms with Crippen LogP contribution >= 0.6 is 15.9 Å². The molecule has 0 aliphatic rings. The number of hydrogen-bond donors (Lipinski definition) is 0. The van der Waals surface area contributed by atoms with Crippen LogP contribution in [0.25, 0.3) is 10.9 Å². The summed E-state index contributed by atoms with van der Waals surface area (Å²) < 4.78 is 12.9. The highest BCUT2D eigenvalue weighted by atomic mass is 79.9. The lowest BCUT2D eigenvalue weighted by Crippen LogP contribution is -2.29. The average molecular weight is 500 g/mol. The zero-order valence-corrected chi connectivity index (χ0v) is 20.3. The number of benzene rings is 2. The van der Waals surface area contributed by atoms with Crippen LogP contribution in [0.3, 0.4) is 0 Å². The Balaban J connectivity index is 2.07. The fraction of sp³-hybridized carbons (Fsp3) is 0.333. The number of para-hydroxylation sites is 1. The summed E-state index contributed by atoms with van der Waals surface area (Å²) in [6.45, 7) is 9.57. The Hall–Kier alpha value is -3.00. The lowest BCUT2D eigenvalue weighted by Gasteiger charge is -2.21. The molecular weight excluding hydrogens is 474 g/mol. The van der Waals surface area contributed by atoms with Gasteiger partial charge in [-0.05, 0) is 44.2 Å². The normalized spacial score (nSPS) is 12.8. The molecule has 2 aromatic carbocycles. The van der Waals surface area contributed by atoms with Gasteiger partial charge in [-0.3, -0.25) is 4.79 Å². The molecule has 3 aromatic rings. The van der Waals surface area contributed by atoms with E-state index < -0.39 is 17.5 Å². The second-order valence-corrected chi connectivity index (χ2v) is 9.17. The summed E-state index contributed by atoms with van der Waals surface area (Å²) in [5.41, 5.74) is 0.536. The largest absolute Gasteiger partial charge is 0.478 e. The standard InChI is InChI=1S/C24H26BrN3O4/c1-6-31-22(30)15(2)32-20-10-8-7-9-16(20)14-26-28-21(29)18-13-17(25)11-12-19(18)27-23(28)24(3,4)5/h7-15H,6H2,1-5H3/t15-/m1/s1. The predicted molar refractivity (Wildman–Crippen MR) is 129 cm³/mol. The molecule has 0 bridgehead atoms. The molecule has 0 radical (unpaired) electrons. The minimum absolute atomic E-state index is 0.268. The summed E-state index contributed by atoms with van der Waals surface area (Å²) in [6, 6.07) is 12.6. The van der Waals surface area contributed by atoms with E-state index in [9.17, 15) is 9.59 Å². The molecule has 0 amide bonds. The third-order valence-corrected chi connectivity index (χ3v) is 5.13. The van der Waals surface area contributed by atoms with E-state index in [2.05, 4.69) is 21.0 Å². The number of hydrogen-bond acceptors (Lipinski definition) is 6. The van der Waals surface area contributed by atoms with E-state index in [4.69, 9.17) is 14.5 Å². The van der Waals surface area contributed by atoms with Crippen molar-refractivity contribution in [1.82, 2.24) is 9.66 Å². The van der Waals surface area contributed by atoms with Crippen molar-refractivity contribution < 1.29 is 14.3 Å². The van der Waals surface area contributed by atoms with Crippen molar-refractivity contribution in [3.05, 3.63) is 68.7 Å². The Morgan fingerprint density at radius 2 is 1.97 bits per heavy atom. The van der Waals surface area contributed by atoms with Crippen molar-refractivity contribution in [3.63, 3.8) is 0 Å². The van der Waals surface area contributed by atoms with Crippen LogP contribution in [0.2, 0.25) is 0 Å². The Morgan fingerprint density at radius 1 is 1.25 bits per heavy atom. The van der Waals surface area contributed by atoms with Crippen molar-refractivity contribution >= 4 is 39.0 Å². The topological polar surface area (TPSA) is 82.8 Å². The van der Waals surface area contributed by atoms with Crippen molar-refractivity contribution in [2.75, 3.05) is 6.61 Å². The number of halogens is 1. The quantitative estimate of drug-likeness (QED) is 0.363. The minimum atomic E-state index is -0.781. The third kappa shape index (κ3) is 5.24. The lowest BCUT2D eigenvalue weighted by molar-refractivity contribution is -0.150. The molecule has 32 heavy (non-hydrogen) atoms. The number of carbonyl (C=O) groups excluding carboxylic acids is 1. The molecule has 0 fully saturated rings. The van der Waals surface area contributed by atoms with Gasteiger partial charge < -0.3 is 9.47 Å². The molecule has 1 aromatic heterocycles. The van der Waals surface area contributed by atoms with Crippen molar-refractivity contribution in [2.45, 2.75) is 46.1 Å². The van der Waals surface area contributed by atoms with E-state index in [1.807, 2.05) is 39.0 Å². The summed E-state index contributed by atoms with van der Waals surface area (Å²) >= 11 is 3.41. The van der Waals surface area contributed by atoms with Gasteiger partial charge in [0.05, 0.1) is 23.7 Å². The highest BCUT2D eigenvalue weighted by Gasteiger charge is 2.23. The van der Waals surface area contributed by atoms with Crippen LogP contribution < -0.4 is 10.3 Å². The lowest BCUT2D eigenvalue weighted by atomic mass is 9.95. The van der Waals surface area contributed by atoms with Gasteiger partial charge in [0.2, 0.25) is 0 Å². The fourth-order valence-corrected chi connectivity index (χ4v) is 3.42. The van der Waals surface area contributed by atoms with Crippen LogP contribution in [0, 0.1) is 0 Å². The maximum Gasteiger partial charge on any atom is 0.347 e. The Morgan fingerprint density at radius 3 is 2.66 bits per heavy atom. The highest BCUT2D eigenvalue weighted by molar-refractivity contribution is 9.10. The first kappa shape index (κ1) is 23.7. The molecule has 1 atom stereocenters. The third-order valence-electron chi connectivity index (χ3n) is 4.63. The Bertz CT molecular complexity index is 1230. The van der Waals surface area contributed by atoms with Crippen LogP contribution in [0.1, 0.15) is 46.0 Å². The summed E-state index contributed by atoms with van der Waals surface area (Å²) in [5, 5.41) is 4.94. The second kappa shape index (κ2) is 9.65. The van der Waals surface area contributed by atoms with E-state index >= 15 is 0 Å². The van der Waals surface area contributed by atoms with Gasteiger partial charge in [-0.2, -0.15) is 9.78 Å². The number of nitrogens with zero attached hydrogens (tertiary/aromatic N) is 3. The number of fused-ring (bicyclic) bond motifs is 1. The molecule has 3 rings (SSSR count). The molecule has 0 saturated heterocycles. The first-order valence-corrected chi connectivity index (χ1v) is 11.1. The maximum atomic E-state index is 13.3. The van der Waals surface area contributed by atoms with Crippen molar-refractivity contribution in [1.29, 1.82) is 0 Å². The maximum absolute atomic E-state index is 13.3. The van der Waals surface area contributed by atoms with Crippen LogP contribution in [0.4, 0.5) is 0 Å². The number of carbonyl (C=O) groups is 1. The molecule has 168 valence electrons. The van der Waals surface area contributed by atoms with Gasteiger partial charge in [-0.15, -0.1) is 0 Å². The number of aromatic nitrogens is 2. The molecule has 0 unspecified atom stereocenters. The molecule has 1 heterocycles. The van der Waals surface area contributed by atoms with Crippen LogP contribution in [-0.4, -0.2) is 34.6 Å². The Labute approximate surface area is 195 Å². The number of ether oxygens (including phenoxy) is 2. The van der Waals surface area contributed by atoms with E-state index in [1.165, 1.54) is 10.9 Å². The van der Waals surface area contributed by atoms with Gasteiger partial charge in [0.15, 0.2) is 6.10 Å². The van der Waals surface area contributed by atoms with Crippen LogP contribution in [0.5, 0.6) is 5.75 Å². The van der Waals surface area contributed by atoms with Gasteiger partial charge in [0, 0.05) is 15.5 Å². The molecule has 7 nitrogen and oxygen atoms in total. The van der Waals surface area contributed by atoms with Gasteiger partial charge in [-0.1, -0.05) is 48.8 Å². The second-order valence-electron chi connectivity index (χ2n) is 8.26. The van der Waals surface area contributed by atoms with Crippen LogP contribution in [0.15, 0.2) is 56.8 Å².